The summed E-state index contributed by atoms with van der Waals surface area (Å²) in [6.07, 6.45) is 0. The Labute approximate surface area is 199 Å². The van der Waals surface area contributed by atoms with Gasteiger partial charge >= 0.3 is 0 Å². The fraction of sp³-hybridized carbons (Fsp3) is 0. The number of hydrogen-bond donors (Lipinski definition) is 0. The first-order chi connectivity index (χ1) is 13.6. The van der Waals surface area contributed by atoms with E-state index in [-0.39, 0.29) is 0 Å². The Kier molecular flexibility index (Phi) is 10.0. The zero-order valence-corrected chi connectivity index (χ0v) is 20.6. The largest absolute Gasteiger partial charge is 0.0970 e. The molecule has 0 N–H and O–H groups in total. The molecule has 0 heterocycles. The Bertz CT molecular complexity index is 1040. The Balaban J connectivity index is 2.21. The van der Waals surface area contributed by atoms with Crippen LogP contribution in [-0.2, 0) is 0 Å². The quantitative estimate of drug-likeness (QED) is 0.277. The molecule has 134 valence electrons. The van der Waals surface area contributed by atoms with Crippen molar-refractivity contribution < 1.29 is 0 Å². The van der Waals surface area contributed by atoms with Crippen molar-refractivity contribution in [2.24, 2.45) is 0 Å². The van der Waals surface area contributed by atoms with Gasteiger partial charge in [0.05, 0.1) is 17.9 Å². The molecule has 0 fully saturated rings. The second kappa shape index (κ2) is 12.5. The molecule has 0 aliphatic carbocycles. The maximum Gasteiger partial charge on any atom is 0.0970 e. The smallest absolute Gasteiger partial charge is 0.0622 e. The van der Waals surface area contributed by atoms with Crippen LogP contribution in [0.2, 0.25) is 0 Å². The molecule has 0 aliphatic rings. The number of rotatable bonds is 0. The molecule has 0 atom stereocenters. The van der Waals surface area contributed by atoms with Crippen LogP contribution in [0.1, 0.15) is 11.1 Å². The van der Waals surface area contributed by atoms with Gasteiger partial charge in [0.1, 0.15) is 0 Å². The standard InChI is InChI=1S/C24H10Br4/c25-23(26)21(17-15-19-9-3-1-4-10-19)13-7-8-14-22(24(27)28)18-16-20-11-5-2-6-12-20/h1-6,9-12H. The fourth-order valence-corrected chi connectivity index (χ4v) is 2.54. The molecule has 0 bridgehead atoms. The summed E-state index contributed by atoms with van der Waals surface area (Å²) in [5, 5.41) is 0. The summed E-state index contributed by atoms with van der Waals surface area (Å²) in [4.78, 5) is 0. The lowest BCUT2D eigenvalue weighted by molar-refractivity contribution is 1.65. The van der Waals surface area contributed by atoms with Gasteiger partial charge in [0.25, 0.3) is 0 Å². The zero-order valence-electron chi connectivity index (χ0n) is 14.3. The fourth-order valence-electron chi connectivity index (χ4n) is 1.75. The lowest BCUT2D eigenvalue weighted by Gasteiger charge is -1.89. The summed E-state index contributed by atoms with van der Waals surface area (Å²) in [6, 6.07) is 19.4. The molecule has 2 aromatic carbocycles. The van der Waals surface area contributed by atoms with Gasteiger partial charge in [-0.2, -0.15) is 0 Å². The van der Waals surface area contributed by atoms with E-state index in [2.05, 4.69) is 111 Å². The molecule has 28 heavy (non-hydrogen) atoms. The number of hydrogen-bond acceptors (Lipinski definition) is 0. The monoisotopic (exact) mass is 614 g/mol. The number of allylic oxidation sites excluding steroid dienone is 2. The summed E-state index contributed by atoms with van der Waals surface area (Å²) in [5.74, 6) is 23.7. The van der Waals surface area contributed by atoms with Crippen molar-refractivity contribution in [3.05, 3.63) is 89.7 Å². The van der Waals surface area contributed by atoms with E-state index in [1.54, 1.807) is 0 Å². The van der Waals surface area contributed by atoms with Gasteiger partial charge in [0.15, 0.2) is 0 Å². The highest BCUT2D eigenvalue weighted by atomic mass is 79.9. The predicted octanol–water partition coefficient (Wildman–Crippen LogP) is 7.10. The van der Waals surface area contributed by atoms with Crippen molar-refractivity contribution >= 4 is 63.7 Å². The topological polar surface area (TPSA) is 0 Å². The van der Waals surface area contributed by atoms with E-state index in [4.69, 9.17) is 0 Å². The van der Waals surface area contributed by atoms with Crippen LogP contribution in [0.25, 0.3) is 0 Å². The van der Waals surface area contributed by atoms with Gasteiger partial charge in [0, 0.05) is 11.1 Å². The zero-order chi connectivity index (χ0) is 20.2. The minimum Gasteiger partial charge on any atom is -0.0622 e. The third-order valence-corrected chi connectivity index (χ3v) is 4.61. The molecule has 0 unspecified atom stereocenters. The Hall–Kier alpha value is -1.92. The van der Waals surface area contributed by atoms with Crippen LogP contribution >= 0.6 is 63.7 Å². The third kappa shape index (κ3) is 8.40. The molecular formula is C24H10Br4. The highest BCUT2D eigenvalue weighted by Gasteiger charge is 1.95. The first-order valence-electron chi connectivity index (χ1n) is 7.83. The molecule has 2 aromatic rings. The molecule has 0 aromatic heterocycles. The normalized spacial score (nSPS) is 8.29. The summed E-state index contributed by atoms with van der Waals surface area (Å²) >= 11 is 13.5. The highest BCUT2D eigenvalue weighted by molar-refractivity contribution is 9.28. The van der Waals surface area contributed by atoms with Gasteiger partial charge in [-0.15, -0.1) is 0 Å². The van der Waals surface area contributed by atoms with Crippen LogP contribution in [0, 0.1) is 47.4 Å². The lowest BCUT2D eigenvalue weighted by atomic mass is 10.2. The summed E-state index contributed by atoms with van der Waals surface area (Å²) < 4.78 is 1.36. The van der Waals surface area contributed by atoms with Gasteiger partial charge in [0.2, 0.25) is 0 Å². The molecule has 0 saturated carbocycles. The maximum absolute atomic E-state index is 3.37. The molecule has 0 aliphatic heterocycles. The molecule has 0 nitrogen and oxygen atoms in total. The molecular weight excluding hydrogens is 608 g/mol. The Morgan fingerprint density at radius 1 is 0.500 bits per heavy atom. The van der Waals surface area contributed by atoms with E-state index in [0.29, 0.717) is 17.9 Å². The van der Waals surface area contributed by atoms with Crippen molar-refractivity contribution in [3.8, 4) is 47.4 Å². The van der Waals surface area contributed by atoms with E-state index in [1.807, 2.05) is 60.7 Å². The number of benzene rings is 2. The van der Waals surface area contributed by atoms with E-state index in [9.17, 15) is 0 Å². The summed E-state index contributed by atoms with van der Waals surface area (Å²) in [6.45, 7) is 0. The molecule has 0 amide bonds. The van der Waals surface area contributed by atoms with E-state index in [0.717, 1.165) is 11.1 Å². The average molecular weight is 618 g/mol. The minimum atomic E-state index is 0.608. The van der Waals surface area contributed by atoms with Crippen LogP contribution in [0.4, 0.5) is 0 Å². The van der Waals surface area contributed by atoms with Gasteiger partial charge in [-0.3, -0.25) is 0 Å². The lowest BCUT2D eigenvalue weighted by Crippen LogP contribution is -1.77. The minimum absolute atomic E-state index is 0.608. The Morgan fingerprint density at radius 2 is 0.857 bits per heavy atom. The molecule has 0 radical (unpaired) electrons. The van der Waals surface area contributed by atoms with Crippen LogP contribution in [0.15, 0.2) is 78.6 Å². The molecule has 0 saturated heterocycles. The van der Waals surface area contributed by atoms with Gasteiger partial charge in [-0.1, -0.05) is 60.1 Å². The van der Waals surface area contributed by atoms with Gasteiger partial charge in [-0.05, 0) is 112 Å². The van der Waals surface area contributed by atoms with Crippen LogP contribution in [0.3, 0.4) is 0 Å². The van der Waals surface area contributed by atoms with Gasteiger partial charge < -0.3 is 0 Å². The maximum atomic E-state index is 3.37. The summed E-state index contributed by atoms with van der Waals surface area (Å²) in [5.41, 5.74) is 3.05. The number of halogens is 4. The van der Waals surface area contributed by atoms with Gasteiger partial charge in [-0.25, -0.2) is 0 Å². The predicted molar refractivity (Wildman–Crippen MR) is 132 cm³/mol. The van der Waals surface area contributed by atoms with E-state index < -0.39 is 0 Å². The second-order valence-electron chi connectivity index (χ2n) is 5.00. The van der Waals surface area contributed by atoms with Crippen LogP contribution in [0.5, 0.6) is 0 Å². The second-order valence-corrected chi connectivity index (χ2v) is 10.3. The van der Waals surface area contributed by atoms with Crippen molar-refractivity contribution in [3.63, 3.8) is 0 Å². The first kappa shape index (κ1) is 22.4. The summed E-state index contributed by atoms with van der Waals surface area (Å²) in [7, 11) is 0. The average Bonchev–Trinajstić information content (AvgIpc) is 2.70. The Morgan fingerprint density at radius 3 is 1.18 bits per heavy atom. The van der Waals surface area contributed by atoms with E-state index in [1.165, 1.54) is 0 Å². The van der Waals surface area contributed by atoms with Crippen molar-refractivity contribution in [2.75, 3.05) is 0 Å². The van der Waals surface area contributed by atoms with Crippen LogP contribution < -0.4 is 0 Å². The molecule has 0 spiro atoms. The van der Waals surface area contributed by atoms with Crippen molar-refractivity contribution in [2.45, 2.75) is 0 Å². The molecule has 4 heteroatoms. The first-order valence-corrected chi connectivity index (χ1v) is 11.0. The van der Waals surface area contributed by atoms with Crippen molar-refractivity contribution in [1.82, 2.24) is 0 Å². The SMILES string of the molecule is BrC(Br)=C(C#CC#CC(C#Cc1ccccc1)=C(Br)Br)C#Cc1ccccc1. The highest BCUT2D eigenvalue weighted by Crippen LogP contribution is 2.19. The van der Waals surface area contributed by atoms with E-state index >= 15 is 0 Å². The molecule has 2 rings (SSSR count). The van der Waals surface area contributed by atoms with Crippen LogP contribution in [-0.4, -0.2) is 0 Å². The van der Waals surface area contributed by atoms with Crippen molar-refractivity contribution in [1.29, 1.82) is 0 Å². The third-order valence-electron chi connectivity index (χ3n) is 3.03.